The van der Waals surface area contributed by atoms with E-state index >= 15 is 0 Å². The normalized spacial score (nSPS) is 15.4. The van der Waals surface area contributed by atoms with Gasteiger partial charge in [0, 0.05) is 43.2 Å². The molecule has 0 atom stereocenters. The van der Waals surface area contributed by atoms with Gasteiger partial charge in [-0.05, 0) is 5.56 Å². The second kappa shape index (κ2) is 4.78. The van der Waals surface area contributed by atoms with Gasteiger partial charge in [0.2, 0.25) is 5.88 Å². The summed E-state index contributed by atoms with van der Waals surface area (Å²) in [6.07, 6.45) is 5.70. The summed E-state index contributed by atoms with van der Waals surface area (Å²) in [5.74, 6) is 1.24. The number of hydrogen-bond donors (Lipinski definition) is 1. The highest BCUT2D eigenvalue weighted by Gasteiger charge is 2.22. The number of ether oxygens (including phenoxy) is 1. The highest BCUT2D eigenvalue weighted by molar-refractivity contribution is 5.20. The van der Waals surface area contributed by atoms with E-state index in [-0.39, 0.29) is 0 Å². The molecule has 18 heavy (non-hydrogen) atoms. The van der Waals surface area contributed by atoms with Crippen molar-refractivity contribution < 1.29 is 4.74 Å². The lowest BCUT2D eigenvalue weighted by atomic mass is 10.00. The molecular weight excluding hydrogens is 228 g/mol. The van der Waals surface area contributed by atoms with Crippen LogP contribution in [0.25, 0.3) is 0 Å². The van der Waals surface area contributed by atoms with Gasteiger partial charge in [-0.25, -0.2) is 9.97 Å². The molecule has 1 aliphatic heterocycles. The molecule has 0 saturated carbocycles. The lowest BCUT2D eigenvalue weighted by Gasteiger charge is -2.27. The molecule has 1 aliphatic rings. The van der Waals surface area contributed by atoms with Gasteiger partial charge in [-0.1, -0.05) is 6.07 Å². The minimum absolute atomic E-state index is 0.596. The zero-order valence-corrected chi connectivity index (χ0v) is 10.3. The van der Waals surface area contributed by atoms with E-state index < -0.39 is 0 Å². The van der Waals surface area contributed by atoms with Gasteiger partial charge in [0.05, 0.1) is 20.0 Å². The minimum atomic E-state index is 0.596. The summed E-state index contributed by atoms with van der Waals surface area (Å²) in [4.78, 5) is 8.46. The molecule has 94 valence electrons. The van der Waals surface area contributed by atoms with Crippen LogP contribution in [0, 0.1) is 0 Å². The van der Waals surface area contributed by atoms with Crippen LogP contribution in [0.3, 0.4) is 0 Å². The maximum absolute atomic E-state index is 5.05. The second-order valence-corrected chi connectivity index (χ2v) is 4.51. The fourth-order valence-corrected chi connectivity index (χ4v) is 2.12. The Labute approximate surface area is 106 Å². The molecule has 0 aliphatic carbocycles. The lowest BCUT2D eigenvalue weighted by molar-refractivity contribution is 0.397. The maximum atomic E-state index is 5.05. The summed E-state index contributed by atoms with van der Waals surface area (Å²) in [6.45, 7) is 2.90. The molecule has 0 unspecified atom stereocenters. The molecule has 0 amide bonds. The Kier molecular flexibility index (Phi) is 2.98. The summed E-state index contributed by atoms with van der Waals surface area (Å²) in [7, 11) is 1.62. The molecule has 1 saturated heterocycles. The van der Waals surface area contributed by atoms with E-state index in [2.05, 4.69) is 19.9 Å². The number of rotatable bonds is 4. The van der Waals surface area contributed by atoms with Crippen molar-refractivity contribution >= 4 is 0 Å². The van der Waals surface area contributed by atoms with Crippen molar-refractivity contribution in [2.24, 2.45) is 0 Å². The van der Waals surface area contributed by atoms with Crippen LogP contribution in [-0.4, -0.2) is 34.7 Å². The van der Waals surface area contributed by atoms with Gasteiger partial charge in [-0.2, -0.15) is 0 Å². The fourth-order valence-electron chi connectivity index (χ4n) is 2.12. The van der Waals surface area contributed by atoms with Crippen molar-refractivity contribution in [3.05, 3.63) is 42.1 Å². The number of imidazole rings is 1. The molecule has 1 N–H and O–H groups in total. The van der Waals surface area contributed by atoms with Crippen LogP contribution in [0.5, 0.6) is 5.88 Å². The van der Waals surface area contributed by atoms with Crippen LogP contribution in [0.4, 0.5) is 0 Å². The summed E-state index contributed by atoms with van der Waals surface area (Å²) in [5.41, 5.74) is 2.45. The fraction of sp³-hybridized carbons (Fsp3) is 0.385. The Morgan fingerprint density at radius 1 is 1.39 bits per heavy atom. The lowest BCUT2D eigenvalue weighted by Crippen LogP contribution is -2.40. The molecule has 0 bridgehead atoms. The molecule has 0 aromatic carbocycles. The number of nitrogens with zero attached hydrogens (tertiary/aromatic N) is 3. The first-order valence-electron chi connectivity index (χ1n) is 6.06. The molecule has 2 aromatic rings. The molecule has 0 spiro atoms. The van der Waals surface area contributed by atoms with Crippen molar-refractivity contribution in [1.82, 2.24) is 19.9 Å². The van der Waals surface area contributed by atoms with Gasteiger partial charge in [-0.3, -0.25) is 0 Å². The largest absolute Gasteiger partial charge is 0.481 e. The molecule has 2 aromatic heterocycles. The van der Waals surface area contributed by atoms with Crippen molar-refractivity contribution in [2.75, 3.05) is 20.2 Å². The molecule has 1 fully saturated rings. The highest BCUT2D eigenvalue weighted by atomic mass is 16.5. The second-order valence-electron chi connectivity index (χ2n) is 4.51. The van der Waals surface area contributed by atoms with Gasteiger partial charge in [0.15, 0.2) is 0 Å². The Hall–Kier alpha value is -1.88. The van der Waals surface area contributed by atoms with Crippen LogP contribution < -0.4 is 10.1 Å². The Morgan fingerprint density at radius 2 is 2.28 bits per heavy atom. The number of pyridine rings is 1. The van der Waals surface area contributed by atoms with Gasteiger partial charge in [0.25, 0.3) is 0 Å². The van der Waals surface area contributed by atoms with Crippen LogP contribution in [-0.2, 0) is 6.54 Å². The molecule has 3 rings (SSSR count). The van der Waals surface area contributed by atoms with Gasteiger partial charge in [-0.15, -0.1) is 0 Å². The summed E-state index contributed by atoms with van der Waals surface area (Å²) < 4.78 is 7.24. The van der Waals surface area contributed by atoms with Crippen LogP contribution >= 0.6 is 0 Å². The molecule has 5 nitrogen and oxygen atoms in total. The van der Waals surface area contributed by atoms with Crippen molar-refractivity contribution in [3.8, 4) is 5.88 Å². The van der Waals surface area contributed by atoms with Gasteiger partial charge in [0.1, 0.15) is 0 Å². The third-order valence-corrected chi connectivity index (χ3v) is 3.30. The minimum Gasteiger partial charge on any atom is -0.481 e. The molecule has 3 heterocycles. The van der Waals surface area contributed by atoms with E-state index in [0.717, 1.165) is 25.2 Å². The summed E-state index contributed by atoms with van der Waals surface area (Å²) in [6, 6.07) is 3.92. The van der Waals surface area contributed by atoms with Crippen molar-refractivity contribution in [1.29, 1.82) is 0 Å². The number of nitrogens with one attached hydrogen (secondary N) is 1. The monoisotopic (exact) mass is 244 g/mol. The zero-order chi connectivity index (χ0) is 12.4. The maximum Gasteiger partial charge on any atom is 0.212 e. The van der Waals surface area contributed by atoms with E-state index in [1.54, 1.807) is 7.11 Å². The van der Waals surface area contributed by atoms with E-state index in [1.807, 2.05) is 30.9 Å². The quantitative estimate of drug-likeness (QED) is 0.872. The first-order chi connectivity index (χ1) is 8.86. The first kappa shape index (κ1) is 11.2. The third-order valence-electron chi connectivity index (χ3n) is 3.30. The van der Waals surface area contributed by atoms with Gasteiger partial charge < -0.3 is 14.6 Å². The van der Waals surface area contributed by atoms with Gasteiger partial charge >= 0.3 is 0 Å². The number of hydrogen-bond acceptors (Lipinski definition) is 4. The highest BCUT2D eigenvalue weighted by Crippen LogP contribution is 2.20. The van der Waals surface area contributed by atoms with Crippen LogP contribution in [0.15, 0.2) is 30.9 Å². The SMILES string of the molecule is COc1ccc(Cn2cncc2C2CNC2)cn1. The Morgan fingerprint density at radius 3 is 2.89 bits per heavy atom. The van der Waals surface area contributed by atoms with E-state index in [1.165, 1.54) is 5.69 Å². The van der Waals surface area contributed by atoms with Crippen molar-refractivity contribution in [2.45, 2.75) is 12.5 Å². The molecule has 5 heteroatoms. The average molecular weight is 244 g/mol. The predicted molar refractivity (Wildman–Crippen MR) is 67.7 cm³/mol. The van der Waals surface area contributed by atoms with Crippen LogP contribution in [0.1, 0.15) is 17.2 Å². The van der Waals surface area contributed by atoms with Crippen molar-refractivity contribution in [3.63, 3.8) is 0 Å². The van der Waals surface area contributed by atoms with E-state index in [4.69, 9.17) is 4.74 Å². The van der Waals surface area contributed by atoms with Crippen LogP contribution in [0.2, 0.25) is 0 Å². The smallest absolute Gasteiger partial charge is 0.212 e. The summed E-state index contributed by atoms with van der Waals surface area (Å²) in [5, 5.41) is 3.29. The Bertz CT molecular complexity index is 516. The summed E-state index contributed by atoms with van der Waals surface area (Å²) >= 11 is 0. The molecule has 0 radical (unpaired) electrons. The van der Waals surface area contributed by atoms with E-state index in [9.17, 15) is 0 Å². The number of aromatic nitrogens is 3. The van der Waals surface area contributed by atoms with E-state index in [0.29, 0.717) is 11.8 Å². The standard InChI is InChI=1S/C13H16N4O/c1-18-13-3-2-10(4-16-13)8-17-9-15-7-12(17)11-5-14-6-11/h2-4,7,9,11,14H,5-6,8H2,1H3. The number of methoxy groups -OCH3 is 1. The Balaban J connectivity index is 1.76. The topological polar surface area (TPSA) is 52.0 Å². The predicted octanol–water partition coefficient (Wildman–Crippen LogP) is 1.02. The zero-order valence-electron chi connectivity index (χ0n) is 10.3. The average Bonchev–Trinajstić information content (AvgIpc) is 2.76. The molecular formula is C13H16N4O. The first-order valence-corrected chi connectivity index (χ1v) is 6.06. The third kappa shape index (κ3) is 2.09.